The summed E-state index contributed by atoms with van der Waals surface area (Å²) in [6.07, 6.45) is 0.734. The molecule has 1 atom stereocenters. The first-order valence-electron chi connectivity index (χ1n) is 12.6. The first kappa shape index (κ1) is 30.5. The highest BCUT2D eigenvalue weighted by molar-refractivity contribution is 7.92. The Kier molecular flexibility index (Phi) is 10.4. The lowest BCUT2D eigenvalue weighted by Gasteiger charge is -2.32. The number of hydrogen-bond donors (Lipinski definition) is 1. The van der Waals surface area contributed by atoms with Crippen molar-refractivity contribution in [3.63, 3.8) is 0 Å². The van der Waals surface area contributed by atoms with E-state index in [0.29, 0.717) is 22.2 Å². The van der Waals surface area contributed by atoms with E-state index in [9.17, 15) is 18.0 Å². The first-order valence-corrected chi connectivity index (χ1v) is 14.8. The molecule has 3 aromatic carbocycles. The second-order valence-electron chi connectivity index (χ2n) is 9.38. The van der Waals surface area contributed by atoms with Gasteiger partial charge < -0.3 is 10.2 Å². The van der Waals surface area contributed by atoms with Crippen molar-refractivity contribution >= 4 is 50.7 Å². The quantitative estimate of drug-likeness (QED) is 0.308. The standard InChI is InChI=1S/C29H33Cl2N3O4S/c1-5-15-32-29(36)22(4)33(18-23-7-6-8-24(30)16-23)28(35)19-34(25-12-11-21(3)27(31)17-25)39(37,38)26-13-9-20(2)10-14-26/h6-14,16-17,22H,5,15,18-19H2,1-4H3,(H,32,36)/t22-/m1/s1. The van der Waals surface area contributed by atoms with Crippen LogP contribution in [0.5, 0.6) is 0 Å². The molecule has 3 rings (SSSR count). The topological polar surface area (TPSA) is 86.8 Å². The van der Waals surface area contributed by atoms with E-state index in [0.717, 1.165) is 21.9 Å². The summed E-state index contributed by atoms with van der Waals surface area (Å²) < 4.78 is 28.8. The van der Waals surface area contributed by atoms with E-state index in [1.165, 1.54) is 23.1 Å². The van der Waals surface area contributed by atoms with Crippen molar-refractivity contribution in [2.24, 2.45) is 0 Å². The van der Waals surface area contributed by atoms with Gasteiger partial charge in [-0.3, -0.25) is 13.9 Å². The molecule has 0 heterocycles. The summed E-state index contributed by atoms with van der Waals surface area (Å²) >= 11 is 12.5. The smallest absolute Gasteiger partial charge is 0.264 e. The fourth-order valence-electron chi connectivity index (χ4n) is 3.91. The Bertz CT molecular complexity index is 1430. The molecule has 0 unspecified atom stereocenters. The van der Waals surface area contributed by atoms with Crippen molar-refractivity contribution in [3.05, 3.63) is 93.5 Å². The molecule has 2 amide bonds. The highest BCUT2D eigenvalue weighted by Crippen LogP contribution is 2.29. The van der Waals surface area contributed by atoms with E-state index in [2.05, 4.69) is 5.32 Å². The second-order valence-corrected chi connectivity index (χ2v) is 12.1. The highest BCUT2D eigenvalue weighted by Gasteiger charge is 2.32. The first-order chi connectivity index (χ1) is 18.4. The number of halogens is 2. The van der Waals surface area contributed by atoms with Gasteiger partial charge in [0.05, 0.1) is 10.6 Å². The molecular formula is C29H33Cl2N3O4S. The predicted molar refractivity (Wildman–Crippen MR) is 157 cm³/mol. The second kappa shape index (κ2) is 13.3. The monoisotopic (exact) mass is 589 g/mol. The van der Waals surface area contributed by atoms with Crippen LogP contribution in [0.3, 0.4) is 0 Å². The van der Waals surface area contributed by atoms with Gasteiger partial charge in [-0.2, -0.15) is 0 Å². The lowest BCUT2D eigenvalue weighted by molar-refractivity contribution is -0.139. The Morgan fingerprint density at radius 2 is 1.67 bits per heavy atom. The Labute approximate surface area is 240 Å². The highest BCUT2D eigenvalue weighted by atomic mass is 35.5. The number of rotatable bonds is 11. The number of carbonyl (C=O) groups excluding carboxylic acids is 2. The minimum Gasteiger partial charge on any atom is -0.354 e. The summed E-state index contributed by atoms with van der Waals surface area (Å²) in [5.74, 6) is -0.889. The molecule has 39 heavy (non-hydrogen) atoms. The van der Waals surface area contributed by atoms with E-state index in [4.69, 9.17) is 23.2 Å². The molecule has 0 spiro atoms. The van der Waals surface area contributed by atoms with Gasteiger partial charge in [0.15, 0.2) is 0 Å². The zero-order chi connectivity index (χ0) is 28.7. The fraction of sp³-hybridized carbons (Fsp3) is 0.310. The number of anilines is 1. The zero-order valence-corrected chi connectivity index (χ0v) is 24.8. The van der Waals surface area contributed by atoms with Gasteiger partial charge in [0.1, 0.15) is 12.6 Å². The number of aryl methyl sites for hydroxylation is 2. The molecule has 0 radical (unpaired) electrons. The SMILES string of the molecule is CCCNC(=O)[C@@H](C)N(Cc1cccc(Cl)c1)C(=O)CN(c1ccc(C)c(Cl)c1)S(=O)(=O)c1ccc(C)cc1. The van der Waals surface area contributed by atoms with Crippen LogP contribution in [0.15, 0.2) is 71.6 Å². The lowest BCUT2D eigenvalue weighted by atomic mass is 10.1. The van der Waals surface area contributed by atoms with Crippen LogP contribution in [0.4, 0.5) is 5.69 Å². The molecule has 0 aliphatic rings. The molecule has 7 nitrogen and oxygen atoms in total. The molecule has 208 valence electrons. The van der Waals surface area contributed by atoms with E-state index < -0.39 is 28.5 Å². The number of hydrogen-bond acceptors (Lipinski definition) is 4. The van der Waals surface area contributed by atoms with Gasteiger partial charge in [-0.15, -0.1) is 0 Å². The third-order valence-corrected chi connectivity index (χ3v) is 8.72. The van der Waals surface area contributed by atoms with Gasteiger partial charge in [-0.25, -0.2) is 8.42 Å². The Morgan fingerprint density at radius 1 is 0.974 bits per heavy atom. The van der Waals surface area contributed by atoms with Gasteiger partial charge in [0.2, 0.25) is 11.8 Å². The number of sulfonamides is 1. The number of benzene rings is 3. The average molecular weight is 591 g/mol. The fourth-order valence-corrected chi connectivity index (χ4v) is 5.71. The molecule has 0 aliphatic heterocycles. The lowest BCUT2D eigenvalue weighted by Crippen LogP contribution is -2.51. The van der Waals surface area contributed by atoms with Crippen molar-refractivity contribution in [1.29, 1.82) is 0 Å². The van der Waals surface area contributed by atoms with Gasteiger partial charge in [0, 0.05) is 23.1 Å². The molecule has 0 aliphatic carbocycles. The molecular weight excluding hydrogens is 557 g/mol. The predicted octanol–water partition coefficient (Wildman–Crippen LogP) is 5.75. The molecule has 0 fully saturated rings. The van der Waals surface area contributed by atoms with Crippen molar-refractivity contribution < 1.29 is 18.0 Å². The molecule has 0 saturated heterocycles. The van der Waals surface area contributed by atoms with Crippen molar-refractivity contribution in [3.8, 4) is 0 Å². The normalized spacial score (nSPS) is 12.1. The van der Waals surface area contributed by atoms with E-state index in [-0.39, 0.29) is 23.0 Å². The van der Waals surface area contributed by atoms with Crippen LogP contribution in [0.1, 0.15) is 37.0 Å². The summed E-state index contributed by atoms with van der Waals surface area (Å²) in [5, 5.41) is 3.67. The van der Waals surface area contributed by atoms with Crippen LogP contribution >= 0.6 is 23.2 Å². The van der Waals surface area contributed by atoms with Crippen LogP contribution in [0, 0.1) is 13.8 Å². The van der Waals surface area contributed by atoms with Crippen LogP contribution in [-0.2, 0) is 26.2 Å². The van der Waals surface area contributed by atoms with Crippen LogP contribution in [0.25, 0.3) is 0 Å². The number of amides is 2. The molecule has 3 aromatic rings. The average Bonchev–Trinajstić information content (AvgIpc) is 2.90. The number of nitrogens with one attached hydrogen (secondary N) is 1. The molecule has 1 N–H and O–H groups in total. The Morgan fingerprint density at radius 3 is 2.28 bits per heavy atom. The maximum absolute atomic E-state index is 13.9. The van der Waals surface area contributed by atoms with Gasteiger partial charge in [0.25, 0.3) is 10.0 Å². The molecule has 0 saturated carbocycles. The minimum atomic E-state index is -4.16. The Hall–Kier alpha value is -3.07. The summed E-state index contributed by atoms with van der Waals surface area (Å²) in [6, 6.07) is 17.3. The van der Waals surface area contributed by atoms with Crippen molar-refractivity contribution in [2.45, 2.75) is 51.6 Å². The van der Waals surface area contributed by atoms with Crippen LogP contribution in [0.2, 0.25) is 10.0 Å². The summed E-state index contributed by atoms with van der Waals surface area (Å²) in [7, 11) is -4.16. The zero-order valence-electron chi connectivity index (χ0n) is 22.4. The van der Waals surface area contributed by atoms with E-state index in [1.807, 2.05) is 13.8 Å². The van der Waals surface area contributed by atoms with Gasteiger partial charge >= 0.3 is 0 Å². The summed E-state index contributed by atoms with van der Waals surface area (Å²) in [5.41, 5.74) is 2.61. The molecule has 0 aromatic heterocycles. The summed E-state index contributed by atoms with van der Waals surface area (Å²) in [4.78, 5) is 28.2. The number of nitrogens with zero attached hydrogens (tertiary/aromatic N) is 2. The summed E-state index contributed by atoms with van der Waals surface area (Å²) in [6.45, 7) is 7.19. The van der Waals surface area contributed by atoms with Gasteiger partial charge in [-0.1, -0.05) is 66.0 Å². The van der Waals surface area contributed by atoms with Crippen molar-refractivity contribution in [2.75, 3.05) is 17.4 Å². The van der Waals surface area contributed by atoms with Crippen LogP contribution in [-0.4, -0.2) is 44.3 Å². The third kappa shape index (κ3) is 7.75. The largest absolute Gasteiger partial charge is 0.354 e. The maximum atomic E-state index is 13.9. The van der Waals surface area contributed by atoms with Gasteiger partial charge in [-0.05, 0) is 74.7 Å². The van der Waals surface area contributed by atoms with E-state index in [1.54, 1.807) is 62.4 Å². The van der Waals surface area contributed by atoms with Crippen LogP contribution < -0.4 is 9.62 Å². The Balaban J connectivity index is 2.04. The molecule has 10 heteroatoms. The molecule has 0 bridgehead atoms. The van der Waals surface area contributed by atoms with Crippen molar-refractivity contribution in [1.82, 2.24) is 10.2 Å². The van der Waals surface area contributed by atoms with E-state index >= 15 is 0 Å². The number of carbonyl (C=O) groups is 2. The minimum absolute atomic E-state index is 0.0349. The maximum Gasteiger partial charge on any atom is 0.264 e. The third-order valence-electron chi connectivity index (χ3n) is 6.29.